The highest BCUT2D eigenvalue weighted by atomic mass is 35.5. The average molecular weight is 200 g/mol. The Morgan fingerprint density at radius 1 is 1.46 bits per heavy atom. The van der Waals surface area contributed by atoms with Crippen molar-refractivity contribution in [3.05, 3.63) is 35.0 Å². The van der Waals surface area contributed by atoms with Crippen molar-refractivity contribution in [2.24, 2.45) is 5.73 Å². The molecule has 72 valence electrons. The van der Waals surface area contributed by atoms with Gasteiger partial charge in [-0.25, -0.2) is 0 Å². The third-order valence-corrected chi connectivity index (χ3v) is 2.16. The number of allylic oxidation sites excluding steroid dienone is 3. The molecule has 0 bridgehead atoms. The van der Waals surface area contributed by atoms with Crippen molar-refractivity contribution >= 4 is 11.6 Å². The van der Waals surface area contributed by atoms with Gasteiger partial charge in [0.2, 0.25) is 0 Å². The molecule has 0 saturated heterocycles. The minimum absolute atomic E-state index is 0.228. The van der Waals surface area contributed by atoms with E-state index >= 15 is 0 Å². The zero-order valence-electron chi connectivity index (χ0n) is 7.63. The molecule has 0 aromatic heterocycles. The molecule has 1 fully saturated rings. The van der Waals surface area contributed by atoms with Crippen LogP contribution >= 0.6 is 11.6 Å². The SMILES string of the molecule is C\C=C/C(=C\C=C(/N)Cl)C1(O)CC1. The number of aliphatic hydroxyl groups is 1. The van der Waals surface area contributed by atoms with Crippen LogP contribution in [-0.2, 0) is 0 Å². The second-order valence-electron chi connectivity index (χ2n) is 3.21. The quantitative estimate of drug-likeness (QED) is 0.540. The molecule has 0 aromatic carbocycles. The van der Waals surface area contributed by atoms with E-state index in [1.54, 1.807) is 12.2 Å². The molecule has 1 aliphatic carbocycles. The number of halogens is 1. The van der Waals surface area contributed by atoms with Crippen LogP contribution in [0, 0.1) is 0 Å². The Hall–Kier alpha value is -0.730. The lowest BCUT2D eigenvalue weighted by Gasteiger charge is -2.07. The van der Waals surface area contributed by atoms with Crippen molar-refractivity contribution in [1.29, 1.82) is 0 Å². The first-order valence-electron chi connectivity index (χ1n) is 4.27. The maximum Gasteiger partial charge on any atom is 0.0991 e. The van der Waals surface area contributed by atoms with E-state index in [0.717, 1.165) is 18.4 Å². The Morgan fingerprint density at radius 3 is 2.46 bits per heavy atom. The van der Waals surface area contributed by atoms with Gasteiger partial charge < -0.3 is 10.8 Å². The fourth-order valence-electron chi connectivity index (χ4n) is 1.12. The van der Waals surface area contributed by atoms with E-state index in [0.29, 0.717) is 0 Å². The zero-order valence-corrected chi connectivity index (χ0v) is 8.38. The van der Waals surface area contributed by atoms with Crippen LogP contribution < -0.4 is 5.73 Å². The van der Waals surface area contributed by atoms with E-state index in [9.17, 15) is 5.11 Å². The lowest BCUT2D eigenvalue weighted by molar-refractivity contribution is 0.193. The van der Waals surface area contributed by atoms with Crippen LogP contribution in [0.1, 0.15) is 19.8 Å². The van der Waals surface area contributed by atoms with Crippen LogP contribution in [-0.4, -0.2) is 10.7 Å². The predicted molar refractivity (Wildman–Crippen MR) is 55.2 cm³/mol. The van der Waals surface area contributed by atoms with Gasteiger partial charge in [-0.15, -0.1) is 0 Å². The van der Waals surface area contributed by atoms with Crippen molar-refractivity contribution in [3.63, 3.8) is 0 Å². The fourth-order valence-corrected chi connectivity index (χ4v) is 1.18. The summed E-state index contributed by atoms with van der Waals surface area (Å²) < 4.78 is 0. The summed E-state index contributed by atoms with van der Waals surface area (Å²) in [4.78, 5) is 0. The summed E-state index contributed by atoms with van der Waals surface area (Å²) in [5.41, 5.74) is 5.52. The number of nitrogens with two attached hydrogens (primary N) is 1. The molecular formula is C10H14ClNO. The van der Waals surface area contributed by atoms with Crippen LogP contribution in [0.15, 0.2) is 35.0 Å². The zero-order chi connectivity index (χ0) is 9.90. The Morgan fingerprint density at radius 2 is 2.08 bits per heavy atom. The molecule has 1 rings (SSSR count). The summed E-state index contributed by atoms with van der Waals surface area (Å²) in [5.74, 6) is 0. The summed E-state index contributed by atoms with van der Waals surface area (Å²) in [7, 11) is 0. The lowest BCUT2D eigenvalue weighted by atomic mass is 10.1. The van der Waals surface area contributed by atoms with E-state index in [4.69, 9.17) is 17.3 Å². The first-order valence-corrected chi connectivity index (χ1v) is 4.65. The molecule has 2 nitrogen and oxygen atoms in total. The molecule has 0 aromatic rings. The minimum Gasteiger partial charge on any atom is -0.389 e. The standard InChI is InChI=1S/C10H14ClNO/c1-2-3-8(4-5-9(11)12)10(13)6-7-10/h2-5,13H,6-7,12H2,1H3/b3-2-,8-4+,9-5-. The Kier molecular flexibility index (Phi) is 3.17. The Labute approximate surface area is 83.4 Å². The smallest absolute Gasteiger partial charge is 0.0991 e. The molecule has 0 unspecified atom stereocenters. The third-order valence-electron chi connectivity index (χ3n) is 2.03. The van der Waals surface area contributed by atoms with Gasteiger partial charge in [-0.05, 0) is 31.4 Å². The van der Waals surface area contributed by atoms with Crippen molar-refractivity contribution < 1.29 is 5.11 Å². The molecule has 13 heavy (non-hydrogen) atoms. The average Bonchev–Trinajstić information content (AvgIpc) is 2.78. The second kappa shape index (κ2) is 3.99. The predicted octanol–water partition coefficient (Wildman–Crippen LogP) is 2.05. The molecule has 0 atom stereocenters. The molecule has 0 radical (unpaired) electrons. The van der Waals surface area contributed by atoms with Gasteiger partial charge in [-0.1, -0.05) is 29.8 Å². The van der Waals surface area contributed by atoms with E-state index in [2.05, 4.69) is 0 Å². The van der Waals surface area contributed by atoms with Crippen LogP contribution in [0.4, 0.5) is 0 Å². The summed E-state index contributed by atoms with van der Waals surface area (Å²) in [6, 6.07) is 0. The normalized spacial score (nSPS) is 22.4. The summed E-state index contributed by atoms with van der Waals surface area (Å²) >= 11 is 5.48. The molecule has 0 aliphatic heterocycles. The first kappa shape index (κ1) is 10.4. The van der Waals surface area contributed by atoms with Crippen molar-refractivity contribution in [3.8, 4) is 0 Å². The number of hydrogen-bond donors (Lipinski definition) is 2. The molecular weight excluding hydrogens is 186 g/mol. The molecule has 0 spiro atoms. The molecule has 0 heterocycles. The van der Waals surface area contributed by atoms with Crippen molar-refractivity contribution in [2.75, 3.05) is 0 Å². The van der Waals surface area contributed by atoms with Gasteiger partial charge in [-0.2, -0.15) is 0 Å². The molecule has 0 amide bonds. The van der Waals surface area contributed by atoms with Crippen LogP contribution in [0.3, 0.4) is 0 Å². The molecule has 1 saturated carbocycles. The van der Waals surface area contributed by atoms with Crippen LogP contribution in [0.25, 0.3) is 0 Å². The summed E-state index contributed by atoms with van der Waals surface area (Å²) in [6.07, 6.45) is 8.75. The van der Waals surface area contributed by atoms with Gasteiger partial charge in [0, 0.05) is 0 Å². The maximum absolute atomic E-state index is 9.80. The van der Waals surface area contributed by atoms with E-state index < -0.39 is 5.60 Å². The van der Waals surface area contributed by atoms with Gasteiger partial charge in [0.1, 0.15) is 0 Å². The summed E-state index contributed by atoms with van der Waals surface area (Å²) in [6.45, 7) is 1.91. The van der Waals surface area contributed by atoms with Crippen LogP contribution in [0.2, 0.25) is 0 Å². The topological polar surface area (TPSA) is 46.2 Å². The van der Waals surface area contributed by atoms with Gasteiger partial charge in [0.15, 0.2) is 0 Å². The van der Waals surface area contributed by atoms with Gasteiger partial charge >= 0.3 is 0 Å². The first-order chi connectivity index (χ1) is 6.08. The number of rotatable bonds is 3. The Bertz CT molecular complexity index is 271. The Balaban J connectivity index is 2.79. The maximum atomic E-state index is 9.80. The van der Waals surface area contributed by atoms with E-state index in [-0.39, 0.29) is 5.16 Å². The lowest BCUT2D eigenvalue weighted by Crippen LogP contribution is -2.08. The fraction of sp³-hybridized carbons (Fsp3) is 0.400. The third kappa shape index (κ3) is 2.90. The van der Waals surface area contributed by atoms with E-state index in [1.807, 2.05) is 19.1 Å². The molecule has 1 aliphatic rings. The second-order valence-corrected chi connectivity index (χ2v) is 3.64. The molecule has 3 N–H and O–H groups in total. The van der Waals surface area contributed by atoms with Crippen molar-refractivity contribution in [2.45, 2.75) is 25.4 Å². The van der Waals surface area contributed by atoms with E-state index in [1.165, 1.54) is 0 Å². The van der Waals surface area contributed by atoms with Crippen LogP contribution in [0.5, 0.6) is 0 Å². The minimum atomic E-state index is -0.630. The van der Waals surface area contributed by atoms with Gasteiger partial charge in [0.05, 0.1) is 10.8 Å². The van der Waals surface area contributed by atoms with Crippen molar-refractivity contribution in [1.82, 2.24) is 0 Å². The highest BCUT2D eigenvalue weighted by Gasteiger charge is 2.42. The largest absolute Gasteiger partial charge is 0.389 e. The molecule has 3 heteroatoms. The summed E-state index contributed by atoms with van der Waals surface area (Å²) in [5, 5.41) is 10.0. The van der Waals surface area contributed by atoms with Gasteiger partial charge in [-0.3, -0.25) is 0 Å². The monoisotopic (exact) mass is 199 g/mol. The van der Waals surface area contributed by atoms with Gasteiger partial charge in [0.25, 0.3) is 0 Å². The highest BCUT2D eigenvalue weighted by Crippen LogP contribution is 2.42. The number of hydrogen-bond acceptors (Lipinski definition) is 2. The highest BCUT2D eigenvalue weighted by molar-refractivity contribution is 6.29.